The van der Waals surface area contributed by atoms with Gasteiger partial charge < -0.3 is 0 Å². The molecule has 0 saturated carbocycles. The summed E-state index contributed by atoms with van der Waals surface area (Å²) in [5.74, 6) is 1.15. The smallest absolute Gasteiger partial charge is 0.291 e. The van der Waals surface area contributed by atoms with Crippen LogP contribution < -0.4 is 9.88 Å². The number of aromatic nitrogens is 2. The number of imidazole rings is 1. The normalized spacial score (nSPS) is 13.1. The van der Waals surface area contributed by atoms with Gasteiger partial charge in [-0.25, -0.2) is 9.13 Å². The van der Waals surface area contributed by atoms with Crippen LogP contribution in [0.25, 0.3) is 22.2 Å². The van der Waals surface area contributed by atoms with E-state index in [1.807, 2.05) is 48.5 Å². The standard InChI is InChI=1S/C24H21N3O/c28-23(20-13-11-19(12-14-20)18-7-2-1-3-8-18)17-27-22-10-5-4-9-21(22)26-16-6-15-25-24(26)27/h1-5,7-14H,6,15-17H2/p+1. The summed E-state index contributed by atoms with van der Waals surface area (Å²) in [5.41, 5.74) is 5.30. The third kappa shape index (κ3) is 2.87. The van der Waals surface area contributed by atoms with Gasteiger partial charge in [-0.05, 0) is 23.3 Å². The summed E-state index contributed by atoms with van der Waals surface area (Å²) in [4.78, 5) is 13.0. The number of hydrogen-bond donors (Lipinski definition) is 1. The van der Waals surface area contributed by atoms with Crippen molar-refractivity contribution in [1.82, 2.24) is 4.57 Å². The molecule has 1 N–H and O–H groups in total. The van der Waals surface area contributed by atoms with Crippen LogP contribution in [0.5, 0.6) is 0 Å². The molecule has 0 radical (unpaired) electrons. The maximum atomic E-state index is 13.0. The average molecular weight is 368 g/mol. The number of nitrogens with zero attached hydrogens (tertiary/aromatic N) is 2. The highest BCUT2D eigenvalue weighted by atomic mass is 16.1. The molecular weight excluding hydrogens is 346 g/mol. The van der Waals surface area contributed by atoms with Gasteiger partial charge in [0.1, 0.15) is 17.6 Å². The van der Waals surface area contributed by atoms with Gasteiger partial charge in [0.25, 0.3) is 0 Å². The van der Waals surface area contributed by atoms with Crippen LogP contribution in [0.15, 0.2) is 78.9 Å². The predicted molar refractivity (Wildman–Crippen MR) is 111 cm³/mol. The zero-order valence-corrected chi connectivity index (χ0v) is 15.6. The number of benzene rings is 3. The number of carbonyl (C=O) groups excluding carboxylic acids is 1. The fourth-order valence-corrected chi connectivity index (χ4v) is 4.02. The monoisotopic (exact) mass is 368 g/mol. The summed E-state index contributed by atoms with van der Waals surface area (Å²) < 4.78 is 4.40. The van der Waals surface area contributed by atoms with Crippen molar-refractivity contribution in [3.8, 4) is 11.1 Å². The van der Waals surface area contributed by atoms with Gasteiger partial charge in [-0.15, -0.1) is 0 Å². The van der Waals surface area contributed by atoms with Crippen molar-refractivity contribution in [3.05, 3.63) is 84.4 Å². The van der Waals surface area contributed by atoms with Gasteiger partial charge in [0.2, 0.25) is 0 Å². The maximum absolute atomic E-state index is 13.0. The average Bonchev–Trinajstić information content (AvgIpc) is 3.08. The van der Waals surface area contributed by atoms with Gasteiger partial charge >= 0.3 is 5.95 Å². The number of rotatable bonds is 4. The van der Waals surface area contributed by atoms with Crippen molar-refractivity contribution >= 4 is 22.8 Å². The first kappa shape index (κ1) is 16.8. The minimum absolute atomic E-state index is 0.121. The van der Waals surface area contributed by atoms with E-state index in [0.29, 0.717) is 6.54 Å². The van der Waals surface area contributed by atoms with E-state index in [9.17, 15) is 4.79 Å². The van der Waals surface area contributed by atoms with E-state index in [0.717, 1.165) is 47.7 Å². The van der Waals surface area contributed by atoms with Crippen LogP contribution in [-0.4, -0.2) is 16.9 Å². The van der Waals surface area contributed by atoms with Crippen molar-refractivity contribution in [2.24, 2.45) is 0 Å². The molecule has 28 heavy (non-hydrogen) atoms. The van der Waals surface area contributed by atoms with Crippen molar-refractivity contribution in [2.45, 2.75) is 19.5 Å². The van der Waals surface area contributed by atoms with Crippen LogP contribution in [0.3, 0.4) is 0 Å². The lowest BCUT2D eigenvalue weighted by Crippen LogP contribution is -2.42. The topological polar surface area (TPSA) is 37.9 Å². The summed E-state index contributed by atoms with van der Waals surface area (Å²) in [7, 11) is 0. The molecule has 1 aliphatic rings. The highest BCUT2D eigenvalue weighted by Crippen LogP contribution is 2.22. The Labute approximate surface area is 164 Å². The first-order chi connectivity index (χ1) is 13.8. The zero-order chi connectivity index (χ0) is 18.9. The van der Waals surface area contributed by atoms with Crippen LogP contribution in [0.4, 0.5) is 5.95 Å². The van der Waals surface area contributed by atoms with E-state index < -0.39 is 0 Å². The summed E-state index contributed by atoms with van der Waals surface area (Å²) >= 11 is 0. The Hall–Kier alpha value is -3.40. The fraction of sp³-hybridized carbons (Fsp3) is 0.167. The van der Waals surface area contributed by atoms with E-state index in [4.69, 9.17) is 0 Å². The SMILES string of the molecule is O=C(Cn1c2[n+](c3ccccc31)CCCN2)c1ccc(-c2ccccc2)cc1. The summed E-state index contributed by atoms with van der Waals surface area (Å²) in [6.07, 6.45) is 1.10. The third-order valence-corrected chi connectivity index (χ3v) is 5.43. The molecule has 0 aliphatic carbocycles. The minimum Gasteiger partial charge on any atom is -0.291 e. The van der Waals surface area contributed by atoms with Crippen molar-refractivity contribution in [1.29, 1.82) is 0 Å². The summed E-state index contributed by atoms with van der Waals surface area (Å²) in [6.45, 7) is 2.26. The lowest BCUT2D eigenvalue weighted by molar-refractivity contribution is -0.661. The van der Waals surface area contributed by atoms with Gasteiger partial charge in [0.15, 0.2) is 5.78 Å². The summed E-state index contributed by atoms with van der Waals surface area (Å²) in [5, 5.41) is 3.48. The number of fused-ring (bicyclic) bond motifs is 3. The number of aryl methyl sites for hydroxylation is 1. The zero-order valence-electron chi connectivity index (χ0n) is 15.6. The Morgan fingerprint density at radius 1 is 0.893 bits per heavy atom. The van der Waals surface area contributed by atoms with Crippen molar-refractivity contribution in [3.63, 3.8) is 0 Å². The molecule has 1 aliphatic heterocycles. The van der Waals surface area contributed by atoms with Gasteiger partial charge in [-0.3, -0.25) is 10.1 Å². The van der Waals surface area contributed by atoms with Crippen LogP contribution in [0.2, 0.25) is 0 Å². The first-order valence-electron chi connectivity index (χ1n) is 9.75. The molecule has 3 aromatic carbocycles. The second kappa shape index (κ2) is 6.97. The van der Waals surface area contributed by atoms with Gasteiger partial charge in [-0.2, -0.15) is 0 Å². The molecule has 0 atom stereocenters. The quantitative estimate of drug-likeness (QED) is 0.431. The number of carbonyl (C=O) groups is 1. The van der Waals surface area contributed by atoms with E-state index in [2.05, 4.69) is 44.8 Å². The van der Waals surface area contributed by atoms with Gasteiger partial charge in [0.05, 0.1) is 13.1 Å². The predicted octanol–water partition coefficient (Wildman–Crippen LogP) is 4.29. The molecule has 0 unspecified atom stereocenters. The van der Waals surface area contributed by atoms with Crippen LogP contribution in [0, 0.1) is 0 Å². The lowest BCUT2D eigenvalue weighted by atomic mass is 10.0. The Kier molecular flexibility index (Phi) is 4.17. The van der Waals surface area contributed by atoms with Crippen LogP contribution in [0.1, 0.15) is 16.8 Å². The molecule has 4 heteroatoms. The highest BCUT2D eigenvalue weighted by Gasteiger charge is 2.27. The maximum Gasteiger partial charge on any atom is 0.358 e. The van der Waals surface area contributed by atoms with E-state index in [1.165, 1.54) is 5.52 Å². The molecule has 4 nitrogen and oxygen atoms in total. The second-order valence-electron chi connectivity index (χ2n) is 7.20. The largest absolute Gasteiger partial charge is 0.358 e. The Bertz CT molecular complexity index is 1140. The minimum atomic E-state index is 0.121. The number of nitrogens with one attached hydrogen (secondary N) is 1. The van der Waals surface area contributed by atoms with E-state index in [-0.39, 0.29) is 5.78 Å². The van der Waals surface area contributed by atoms with Crippen molar-refractivity contribution in [2.75, 3.05) is 11.9 Å². The van der Waals surface area contributed by atoms with Gasteiger partial charge in [0, 0.05) is 12.0 Å². The molecule has 0 spiro atoms. The first-order valence-corrected chi connectivity index (χ1v) is 9.75. The number of para-hydroxylation sites is 2. The van der Waals surface area contributed by atoms with Crippen LogP contribution in [-0.2, 0) is 13.1 Å². The fourth-order valence-electron chi connectivity index (χ4n) is 4.02. The molecule has 1 aromatic heterocycles. The molecule has 0 fully saturated rings. The Morgan fingerprint density at radius 2 is 1.61 bits per heavy atom. The molecule has 0 saturated heterocycles. The number of hydrogen-bond acceptors (Lipinski definition) is 2. The second-order valence-corrected chi connectivity index (χ2v) is 7.20. The third-order valence-electron chi connectivity index (χ3n) is 5.43. The van der Waals surface area contributed by atoms with E-state index >= 15 is 0 Å². The van der Waals surface area contributed by atoms with E-state index in [1.54, 1.807) is 0 Å². The molecule has 4 aromatic rings. The highest BCUT2D eigenvalue weighted by molar-refractivity contribution is 5.97. The molecular formula is C24H22N3O+. The molecule has 0 bridgehead atoms. The Balaban J connectivity index is 1.46. The van der Waals surface area contributed by atoms with Crippen molar-refractivity contribution < 1.29 is 9.36 Å². The van der Waals surface area contributed by atoms with Gasteiger partial charge in [-0.1, -0.05) is 66.7 Å². The molecule has 2 heterocycles. The Morgan fingerprint density at radius 3 is 2.43 bits per heavy atom. The molecule has 5 rings (SSSR count). The number of Topliss-reactive ketones (excluding diaryl/α,β-unsaturated/α-hetero) is 1. The number of anilines is 1. The molecule has 0 amide bonds. The molecule has 138 valence electrons. The lowest BCUT2D eigenvalue weighted by Gasteiger charge is -2.11. The summed E-state index contributed by atoms with van der Waals surface area (Å²) in [6, 6.07) is 26.5. The van der Waals surface area contributed by atoms with Crippen LogP contribution >= 0.6 is 0 Å². The number of ketones is 1.